The number of carbonyl (C=O) groups excluding carboxylic acids is 1. The van der Waals surface area contributed by atoms with Gasteiger partial charge < -0.3 is 4.42 Å². The summed E-state index contributed by atoms with van der Waals surface area (Å²) in [4.78, 5) is 13.0. The maximum atomic E-state index is 13.0. The molecule has 3 aromatic rings. The summed E-state index contributed by atoms with van der Waals surface area (Å²) in [5.41, 5.74) is 2.27. The molecule has 0 unspecified atom stereocenters. The molecule has 1 aliphatic heterocycles. The van der Waals surface area contributed by atoms with E-state index in [2.05, 4.69) is 5.10 Å². The molecule has 0 aliphatic carbocycles. The van der Waals surface area contributed by atoms with E-state index in [-0.39, 0.29) is 11.9 Å². The van der Waals surface area contributed by atoms with Crippen LogP contribution in [0.5, 0.6) is 0 Å². The molecule has 0 bridgehead atoms. The van der Waals surface area contributed by atoms with Crippen LogP contribution in [0.4, 0.5) is 0 Å². The Morgan fingerprint density at radius 3 is 2.83 bits per heavy atom. The van der Waals surface area contributed by atoms with E-state index >= 15 is 0 Å². The lowest BCUT2D eigenvalue weighted by molar-refractivity contribution is 0.0711. The summed E-state index contributed by atoms with van der Waals surface area (Å²) >= 11 is 7.79. The SMILES string of the molecule is O=C(c1ccccc1Cl)N1N=C(c2ccco2)C[C@@H]1c1ccsc1. The van der Waals surface area contributed by atoms with Crippen molar-refractivity contribution < 1.29 is 9.21 Å². The largest absolute Gasteiger partial charge is 0.463 e. The lowest BCUT2D eigenvalue weighted by Gasteiger charge is -2.21. The number of thiophene rings is 1. The van der Waals surface area contributed by atoms with Gasteiger partial charge in [0.2, 0.25) is 0 Å². The van der Waals surface area contributed by atoms with Gasteiger partial charge >= 0.3 is 0 Å². The van der Waals surface area contributed by atoms with E-state index in [1.807, 2.05) is 29.0 Å². The first-order chi connectivity index (χ1) is 11.7. The normalized spacial score (nSPS) is 17.1. The number of halogens is 1. The van der Waals surface area contributed by atoms with Gasteiger partial charge in [0.25, 0.3) is 5.91 Å². The van der Waals surface area contributed by atoms with Gasteiger partial charge in [0.15, 0.2) is 0 Å². The maximum absolute atomic E-state index is 13.0. The molecular weight excluding hydrogens is 344 g/mol. The third-order valence-electron chi connectivity index (χ3n) is 3.96. The number of nitrogens with zero attached hydrogens (tertiary/aromatic N) is 2. The van der Waals surface area contributed by atoms with E-state index in [4.69, 9.17) is 16.0 Å². The number of carbonyl (C=O) groups is 1. The lowest BCUT2D eigenvalue weighted by Crippen LogP contribution is -2.27. The molecule has 6 heteroatoms. The third-order valence-corrected chi connectivity index (χ3v) is 4.99. The topological polar surface area (TPSA) is 45.8 Å². The second kappa shape index (κ2) is 6.26. The molecular formula is C18H13ClN2O2S. The first-order valence-electron chi connectivity index (χ1n) is 7.45. The fourth-order valence-electron chi connectivity index (χ4n) is 2.77. The second-order valence-corrected chi connectivity index (χ2v) is 6.62. The highest BCUT2D eigenvalue weighted by atomic mass is 35.5. The van der Waals surface area contributed by atoms with Crippen LogP contribution in [-0.4, -0.2) is 16.6 Å². The summed E-state index contributed by atoms with van der Waals surface area (Å²) < 4.78 is 5.45. The minimum atomic E-state index is -0.210. The first kappa shape index (κ1) is 15.2. The van der Waals surface area contributed by atoms with Gasteiger partial charge in [0.1, 0.15) is 11.5 Å². The van der Waals surface area contributed by atoms with Gasteiger partial charge in [0, 0.05) is 6.42 Å². The molecule has 3 heterocycles. The number of hydrogen-bond acceptors (Lipinski definition) is 4. The van der Waals surface area contributed by atoms with Crippen LogP contribution in [-0.2, 0) is 0 Å². The molecule has 0 saturated carbocycles. The Labute approximate surface area is 148 Å². The molecule has 1 atom stereocenters. The van der Waals surface area contributed by atoms with Crippen molar-refractivity contribution in [2.24, 2.45) is 5.10 Å². The van der Waals surface area contributed by atoms with Gasteiger partial charge in [0.05, 0.1) is 22.9 Å². The maximum Gasteiger partial charge on any atom is 0.276 e. The number of hydrogen-bond donors (Lipinski definition) is 0. The molecule has 4 nitrogen and oxygen atoms in total. The molecule has 24 heavy (non-hydrogen) atoms. The van der Waals surface area contributed by atoms with Crippen LogP contribution in [0.25, 0.3) is 0 Å². The Morgan fingerprint density at radius 1 is 1.25 bits per heavy atom. The fourth-order valence-corrected chi connectivity index (χ4v) is 3.70. The summed E-state index contributed by atoms with van der Waals surface area (Å²) in [5.74, 6) is 0.475. The molecule has 0 saturated heterocycles. The van der Waals surface area contributed by atoms with Crippen LogP contribution < -0.4 is 0 Å². The predicted octanol–water partition coefficient (Wildman–Crippen LogP) is 4.99. The van der Waals surface area contributed by atoms with Crippen LogP contribution in [0.1, 0.15) is 34.1 Å². The highest BCUT2D eigenvalue weighted by Gasteiger charge is 2.35. The molecule has 1 aromatic carbocycles. The molecule has 2 aromatic heterocycles. The number of amides is 1. The van der Waals surface area contributed by atoms with Gasteiger partial charge in [-0.3, -0.25) is 4.79 Å². The van der Waals surface area contributed by atoms with Crippen LogP contribution in [0.2, 0.25) is 5.02 Å². The number of benzene rings is 1. The molecule has 0 radical (unpaired) electrons. The lowest BCUT2D eigenvalue weighted by atomic mass is 10.0. The van der Waals surface area contributed by atoms with Gasteiger partial charge in [-0.25, -0.2) is 5.01 Å². The fraction of sp³-hybridized carbons (Fsp3) is 0.111. The Bertz CT molecular complexity index is 888. The van der Waals surface area contributed by atoms with Crippen LogP contribution >= 0.6 is 22.9 Å². The summed E-state index contributed by atoms with van der Waals surface area (Å²) in [5, 5.41) is 10.5. The van der Waals surface area contributed by atoms with Crippen molar-refractivity contribution in [3.63, 3.8) is 0 Å². The monoisotopic (exact) mass is 356 g/mol. The van der Waals surface area contributed by atoms with Gasteiger partial charge in [-0.2, -0.15) is 16.4 Å². The smallest absolute Gasteiger partial charge is 0.276 e. The minimum Gasteiger partial charge on any atom is -0.463 e. The Morgan fingerprint density at radius 2 is 2.12 bits per heavy atom. The van der Waals surface area contributed by atoms with Gasteiger partial charge in [-0.1, -0.05) is 23.7 Å². The molecule has 1 amide bonds. The van der Waals surface area contributed by atoms with Crippen molar-refractivity contribution in [1.29, 1.82) is 0 Å². The zero-order valence-electron chi connectivity index (χ0n) is 12.6. The summed E-state index contributed by atoms with van der Waals surface area (Å²) in [6.45, 7) is 0. The molecule has 4 rings (SSSR count). The zero-order valence-corrected chi connectivity index (χ0v) is 14.1. The number of furan rings is 1. The highest BCUT2D eigenvalue weighted by Crippen LogP contribution is 2.35. The Kier molecular flexibility index (Phi) is 3.96. The minimum absolute atomic E-state index is 0.153. The van der Waals surface area contributed by atoms with Crippen molar-refractivity contribution >= 4 is 34.6 Å². The number of hydrazone groups is 1. The van der Waals surface area contributed by atoms with Gasteiger partial charge in [-0.05, 0) is 46.7 Å². The van der Waals surface area contributed by atoms with E-state index in [1.165, 1.54) is 5.01 Å². The summed E-state index contributed by atoms with van der Waals surface area (Å²) in [6.07, 6.45) is 2.22. The van der Waals surface area contributed by atoms with Crippen molar-refractivity contribution in [1.82, 2.24) is 5.01 Å². The summed E-state index contributed by atoms with van der Waals surface area (Å²) in [6, 6.07) is 12.6. The molecule has 120 valence electrons. The molecule has 1 aliphatic rings. The molecule has 0 fully saturated rings. The third kappa shape index (κ3) is 2.66. The van der Waals surface area contributed by atoms with Crippen LogP contribution in [0, 0.1) is 0 Å². The van der Waals surface area contributed by atoms with Crippen molar-refractivity contribution in [3.05, 3.63) is 81.4 Å². The van der Waals surface area contributed by atoms with E-state index in [0.29, 0.717) is 22.8 Å². The van der Waals surface area contributed by atoms with Crippen LogP contribution in [0.15, 0.2) is 69.0 Å². The highest BCUT2D eigenvalue weighted by molar-refractivity contribution is 7.08. The zero-order chi connectivity index (χ0) is 16.5. The van der Waals surface area contributed by atoms with Crippen LogP contribution in [0.3, 0.4) is 0 Å². The predicted molar refractivity (Wildman–Crippen MR) is 94.5 cm³/mol. The molecule has 0 N–H and O–H groups in total. The quantitative estimate of drug-likeness (QED) is 0.664. The second-order valence-electron chi connectivity index (χ2n) is 5.43. The van der Waals surface area contributed by atoms with E-state index in [9.17, 15) is 4.79 Å². The molecule has 0 spiro atoms. The summed E-state index contributed by atoms with van der Waals surface area (Å²) in [7, 11) is 0. The average molecular weight is 357 g/mol. The Hall–Kier alpha value is -2.37. The number of rotatable bonds is 3. The van der Waals surface area contributed by atoms with Crippen molar-refractivity contribution in [3.8, 4) is 0 Å². The van der Waals surface area contributed by atoms with E-state index in [0.717, 1.165) is 11.3 Å². The van der Waals surface area contributed by atoms with E-state index in [1.54, 1.807) is 41.9 Å². The first-order valence-corrected chi connectivity index (χ1v) is 8.77. The average Bonchev–Trinajstić information content (AvgIpc) is 3.33. The van der Waals surface area contributed by atoms with Crippen molar-refractivity contribution in [2.75, 3.05) is 0 Å². The standard InChI is InChI=1S/C18H13ClN2O2S/c19-14-5-2-1-4-13(14)18(22)21-16(12-7-9-24-11-12)10-15(20-21)17-6-3-8-23-17/h1-9,11,16H,10H2/t16-/m1/s1. The van der Waals surface area contributed by atoms with Crippen molar-refractivity contribution in [2.45, 2.75) is 12.5 Å². The Balaban J connectivity index is 1.74. The van der Waals surface area contributed by atoms with Gasteiger partial charge in [-0.15, -0.1) is 0 Å². The van der Waals surface area contributed by atoms with E-state index < -0.39 is 0 Å².